The quantitative estimate of drug-likeness (QED) is 0.634. The van der Waals surface area contributed by atoms with Gasteiger partial charge in [-0.3, -0.25) is 4.79 Å². The zero-order valence-corrected chi connectivity index (χ0v) is 19.3. The molecule has 184 valence electrons. The first kappa shape index (κ1) is 24.3. The zero-order valence-electron chi connectivity index (χ0n) is 19.3. The van der Waals surface area contributed by atoms with E-state index in [1.807, 2.05) is 24.3 Å². The van der Waals surface area contributed by atoms with E-state index in [0.717, 1.165) is 42.8 Å². The molecule has 1 saturated carbocycles. The van der Waals surface area contributed by atoms with Gasteiger partial charge in [0.15, 0.2) is 0 Å². The van der Waals surface area contributed by atoms with E-state index >= 15 is 0 Å². The van der Waals surface area contributed by atoms with Crippen LogP contribution in [0, 0.1) is 5.92 Å². The normalized spacial score (nSPS) is 25.6. The van der Waals surface area contributed by atoms with Gasteiger partial charge in [-0.2, -0.15) is 13.2 Å². The van der Waals surface area contributed by atoms with Crippen LogP contribution in [0.1, 0.15) is 45.1 Å². The molecule has 6 nitrogen and oxygen atoms in total. The van der Waals surface area contributed by atoms with Crippen molar-refractivity contribution in [2.24, 2.45) is 5.92 Å². The fraction of sp³-hybridized carbons (Fsp3) is 0.520. The number of hydrogen-bond acceptors (Lipinski definition) is 5. The lowest BCUT2D eigenvalue weighted by Crippen LogP contribution is -2.45. The number of halogens is 3. The second-order valence-electron chi connectivity index (χ2n) is 9.17. The molecule has 4 rings (SSSR count). The van der Waals surface area contributed by atoms with E-state index in [0.29, 0.717) is 25.7 Å². The SMILES string of the molecule is C[C@@H]1CN(c2ccc(NC(=O)[C@H]3CC[C@@H](Oc4cc(C(F)(F)F)ccn4)CC3)cc2)C[C@H](C)O1. The lowest BCUT2D eigenvalue weighted by molar-refractivity contribution is -0.137. The maximum atomic E-state index is 12.9. The lowest BCUT2D eigenvalue weighted by atomic mass is 9.86. The predicted molar refractivity (Wildman–Crippen MR) is 123 cm³/mol. The van der Waals surface area contributed by atoms with Gasteiger partial charge < -0.3 is 19.7 Å². The van der Waals surface area contributed by atoms with Crippen molar-refractivity contribution in [2.75, 3.05) is 23.3 Å². The topological polar surface area (TPSA) is 63.7 Å². The Labute approximate surface area is 197 Å². The molecule has 2 fully saturated rings. The summed E-state index contributed by atoms with van der Waals surface area (Å²) in [6, 6.07) is 9.67. The Morgan fingerprint density at radius 1 is 1.06 bits per heavy atom. The molecule has 1 saturated heterocycles. The van der Waals surface area contributed by atoms with Crippen molar-refractivity contribution in [2.45, 2.75) is 64.0 Å². The molecule has 34 heavy (non-hydrogen) atoms. The molecule has 0 radical (unpaired) electrons. The monoisotopic (exact) mass is 477 g/mol. The summed E-state index contributed by atoms with van der Waals surface area (Å²) < 4.78 is 50.1. The van der Waals surface area contributed by atoms with Crippen molar-refractivity contribution in [1.82, 2.24) is 4.98 Å². The molecule has 1 aromatic carbocycles. The van der Waals surface area contributed by atoms with E-state index in [2.05, 4.69) is 29.0 Å². The minimum Gasteiger partial charge on any atom is -0.474 e. The molecule has 9 heteroatoms. The van der Waals surface area contributed by atoms with Crippen LogP contribution in [0.25, 0.3) is 0 Å². The van der Waals surface area contributed by atoms with Crippen LogP contribution in [0.15, 0.2) is 42.6 Å². The van der Waals surface area contributed by atoms with Gasteiger partial charge in [0.2, 0.25) is 11.8 Å². The van der Waals surface area contributed by atoms with E-state index < -0.39 is 11.7 Å². The van der Waals surface area contributed by atoms with Gasteiger partial charge in [0.05, 0.1) is 17.8 Å². The summed E-state index contributed by atoms with van der Waals surface area (Å²) in [5.74, 6) is -0.237. The molecule has 1 amide bonds. The van der Waals surface area contributed by atoms with Gasteiger partial charge >= 0.3 is 6.18 Å². The van der Waals surface area contributed by atoms with Crippen LogP contribution in [0.3, 0.4) is 0 Å². The van der Waals surface area contributed by atoms with Gasteiger partial charge in [-0.15, -0.1) is 0 Å². The number of carbonyl (C=O) groups is 1. The minimum absolute atomic E-state index is 0.0353. The van der Waals surface area contributed by atoms with Gasteiger partial charge in [-0.05, 0) is 69.9 Å². The molecule has 0 bridgehead atoms. The second-order valence-corrected chi connectivity index (χ2v) is 9.17. The maximum absolute atomic E-state index is 12.9. The van der Waals surface area contributed by atoms with Crippen molar-refractivity contribution in [3.8, 4) is 5.88 Å². The summed E-state index contributed by atoms with van der Waals surface area (Å²) in [7, 11) is 0. The van der Waals surface area contributed by atoms with Gasteiger partial charge in [0.1, 0.15) is 6.10 Å². The Balaban J connectivity index is 1.26. The van der Waals surface area contributed by atoms with Crippen molar-refractivity contribution < 1.29 is 27.4 Å². The second kappa shape index (κ2) is 10.2. The highest BCUT2D eigenvalue weighted by molar-refractivity contribution is 5.92. The number of amides is 1. The number of nitrogens with one attached hydrogen (secondary N) is 1. The Morgan fingerprint density at radius 2 is 1.71 bits per heavy atom. The number of aromatic nitrogens is 1. The van der Waals surface area contributed by atoms with E-state index in [1.54, 1.807) is 0 Å². The molecule has 0 unspecified atom stereocenters. The Bertz CT molecular complexity index is 965. The van der Waals surface area contributed by atoms with Gasteiger partial charge in [-0.1, -0.05) is 0 Å². The summed E-state index contributed by atoms with van der Waals surface area (Å²) in [5, 5.41) is 2.99. The van der Waals surface area contributed by atoms with Crippen molar-refractivity contribution >= 4 is 17.3 Å². The smallest absolute Gasteiger partial charge is 0.416 e. The highest BCUT2D eigenvalue weighted by Crippen LogP contribution is 2.32. The fourth-order valence-electron chi connectivity index (χ4n) is 4.65. The lowest BCUT2D eigenvalue weighted by Gasteiger charge is -2.36. The highest BCUT2D eigenvalue weighted by Gasteiger charge is 2.32. The highest BCUT2D eigenvalue weighted by atomic mass is 19.4. The largest absolute Gasteiger partial charge is 0.474 e. The molecule has 1 aliphatic heterocycles. The van der Waals surface area contributed by atoms with Crippen molar-refractivity contribution in [3.05, 3.63) is 48.2 Å². The number of rotatable bonds is 5. The van der Waals surface area contributed by atoms with Crippen LogP contribution < -0.4 is 15.0 Å². The Morgan fingerprint density at radius 3 is 2.32 bits per heavy atom. The molecule has 2 heterocycles. The predicted octanol–water partition coefficient (Wildman–Crippen LogP) is 5.29. The Kier molecular flexibility index (Phi) is 7.30. The number of ether oxygens (including phenoxy) is 2. The first-order valence-corrected chi connectivity index (χ1v) is 11.7. The fourth-order valence-corrected chi connectivity index (χ4v) is 4.65. The maximum Gasteiger partial charge on any atom is 0.416 e. The van der Waals surface area contributed by atoms with Crippen LogP contribution in [-0.2, 0) is 15.7 Å². The summed E-state index contributed by atoms with van der Waals surface area (Å²) in [6.07, 6.45) is -0.855. The standard InChI is InChI=1S/C25H30F3N3O3/c1-16-14-31(15-17(2)33-16)21-7-5-20(6-8-21)30-24(32)18-3-9-22(10-4-18)34-23-13-19(11-12-29-23)25(26,27)28/h5-8,11-13,16-18,22H,3-4,9-10,14-15H2,1-2H3,(H,30,32)/t16-,17+,18-,22+. The first-order valence-electron chi connectivity index (χ1n) is 11.7. The third kappa shape index (κ3) is 6.20. The van der Waals surface area contributed by atoms with Crippen LogP contribution in [0.4, 0.5) is 24.5 Å². The van der Waals surface area contributed by atoms with Crippen molar-refractivity contribution in [3.63, 3.8) is 0 Å². The van der Waals surface area contributed by atoms with Crippen LogP contribution in [0.2, 0.25) is 0 Å². The minimum atomic E-state index is -4.44. The summed E-state index contributed by atoms with van der Waals surface area (Å²) >= 11 is 0. The number of morpholine rings is 1. The summed E-state index contributed by atoms with van der Waals surface area (Å²) in [4.78, 5) is 18.9. The van der Waals surface area contributed by atoms with Gasteiger partial charge in [0, 0.05) is 42.6 Å². The summed E-state index contributed by atoms with van der Waals surface area (Å²) in [5.41, 5.74) is 1.06. The number of pyridine rings is 1. The van der Waals surface area contributed by atoms with E-state index in [4.69, 9.17) is 9.47 Å². The number of hydrogen-bond donors (Lipinski definition) is 1. The molecule has 1 N–H and O–H groups in total. The molecular weight excluding hydrogens is 447 g/mol. The third-order valence-corrected chi connectivity index (χ3v) is 6.31. The number of nitrogens with zero attached hydrogens (tertiary/aromatic N) is 2. The molecule has 1 aromatic heterocycles. The molecule has 0 spiro atoms. The molecular formula is C25H30F3N3O3. The molecule has 1 aliphatic carbocycles. The zero-order chi connectivity index (χ0) is 24.3. The number of anilines is 2. The average Bonchev–Trinajstić information content (AvgIpc) is 2.79. The Hall–Kier alpha value is -2.81. The number of alkyl halides is 3. The average molecular weight is 478 g/mol. The molecule has 2 aliphatic rings. The van der Waals surface area contributed by atoms with E-state index in [1.165, 1.54) is 0 Å². The van der Waals surface area contributed by atoms with Crippen molar-refractivity contribution in [1.29, 1.82) is 0 Å². The first-order chi connectivity index (χ1) is 16.2. The van der Waals surface area contributed by atoms with E-state index in [-0.39, 0.29) is 36.0 Å². The number of carbonyl (C=O) groups excluding carboxylic acids is 1. The summed E-state index contributed by atoms with van der Waals surface area (Å²) in [6.45, 7) is 5.79. The van der Waals surface area contributed by atoms with Gasteiger partial charge in [-0.25, -0.2) is 4.98 Å². The molecule has 2 aromatic rings. The molecule has 2 atom stereocenters. The van der Waals surface area contributed by atoms with Crippen LogP contribution in [0.5, 0.6) is 5.88 Å². The van der Waals surface area contributed by atoms with Crippen LogP contribution >= 0.6 is 0 Å². The number of benzene rings is 1. The van der Waals surface area contributed by atoms with Crippen LogP contribution in [-0.4, -0.2) is 42.3 Å². The van der Waals surface area contributed by atoms with E-state index in [9.17, 15) is 18.0 Å². The van der Waals surface area contributed by atoms with Gasteiger partial charge in [0.25, 0.3) is 0 Å². The third-order valence-electron chi connectivity index (χ3n) is 6.31.